The summed E-state index contributed by atoms with van der Waals surface area (Å²) in [6, 6.07) is 10.7. The third-order valence-electron chi connectivity index (χ3n) is 6.02. The molecular weight excluding hydrogens is 518 g/mol. The molecule has 0 spiro atoms. The lowest BCUT2D eigenvalue weighted by molar-refractivity contribution is -0.140. The number of hydrogen-bond acceptors (Lipinski definition) is 6. The molecule has 2 amide bonds. The first kappa shape index (κ1) is 30.2. The fourth-order valence-corrected chi connectivity index (χ4v) is 4.81. The second kappa shape index (κ2) is 13.5. The zero-order chi connectivity index (χ0) is 27.8. The Hall–Kier alpha value is -2.98. The van der Waals surface area contributed by atoms with Crippen LogP contribution < -0.4 is 19.1 Å². The predicted molar refractivity (Wildman–Crippen MR) is 146 cm³/mol. The van der Waals surface area contributed by atoms with E-state index in [2.05, 4.69) is 5.32 Å². The number of nitrogens with one attached hydrogen (secondary N) is 1. The number of sulfonamides is 1. The van der Waals surface area contributed by atoms with Gasteiger partial charge in [-0.1, -0.05) is 43.6 Å². The van der Waals surface area contributed by atoms with E-state index in [4.69, 9.17) is 21.1 Å². The van der Waals surface area contributed by atoms with Gasteiger partial charge in [0.1, 0.15) is 24.1 Å². The number of carbonyl (C=O) groups is 2. The molecule has 0 aliphatic carbocycles. The Morgan fingerprint density at radius 1 is 1.05 bits per heavy atom. The van der Waals surface area contributed by atoms with Gasteiger partial charge in [0.05, 0.1) is 26.2 Å². The number of benzene rings is 2. The van der Waals surface area contributed by atoms with Crippen LogP contribution in [0.1, 0.15) is 39.2 Å². The molecule has 2 rings (SSSR count). The molecule has 2 aromatic rings. The van der Waals surface area contributed by atoms with E-state index in [-0.39, 0.29) is 29.9 Å². The summed E-state index contributed by atoms with van der Waals surface area (Å²) < 4.78 is 37.3. The van der Waals surface area contributed by atoms with Gasteiger partial charge in [-0.05, 0) is 43.5 Å². The number of hydrogen-bond donors (Lipinski definition) is 1. The third-order valence-corrected chi connectivity index (χ3v) is 7.52. The van der Waals surface area contributed by atoms with Crippen molar-refractivity contribution in [3.05, 3.63) is 53.1 Å². The highest BCUT2D eigenvalue weighted by Gasteiger charge is 2.33. The summed E-state index contributed by atoms with van der Waals surface area (Å²) in [6.07, 6.45) is 2.05. The lowest BCUT2D eigenvalue weighted by Crippen LogP contribution is -2.53. The van der Waals surface area contributed by atoms with Gasteiger partial charge in [0.2, 0.25) is 21.8 Å². The van der Waals surface area contributed by atoms with Crippen LogP contribution in [0.15, 0.2) is 42.5 Å². The van der Waals surface area contributed by atoms with Crippen molar-refractivity contribution in [3.63, 3.8) is 0 Å². The number of ether oxygens (including phenoxy) is 2. The second-order valence-corrected chi connectivity index (χ2v) is 11.0. The Balaban J connectivity index is 2.52. The normalized spacial score (nSPS) is 12.8. The summed E-state index contributed by atoms with van der Waals surface area (Å²) in [4.78, 5) is 28.4. The molecule has 37 heavy (non-hydrogen) atoms. The lowest BCUT2D eigenvalue weighted by atomic mass is 10.1. The van der Waals surface area contributed by atoms with Gasteiger partial charge < -0.3 is 19.7 Å². The van der Waals surface area contributed by atoms with Gasteiger partial charge in [0.15, 0.2) is 0 Å². The number of halogens is 1. The van der Waals surface area contributed by atoms with Crippen LogP contribution in [0.3, 0.4) is 0 Å². The van der Waals surface area contributed by atoms with E-state index in [9.17, 15) is 18.0 Å². The molecule has 1 N–H and O–H groups in total. The molecule has 2 atom stereocenters. The van der Waals surface area contributed by atoms with Crippen LogP contribution in [-0.4, -0.2) is 64.2 Å². The Labute approximate surface area is 224 Å². The zero-order valence-electron chi connectivity index (χ0n) is 22.2. The van der Waals surface area contributed by atoms with Crippen molar-refractivity contribution < 1.29 is 27.5 Å². The number of amides is 2. The summed E-state index contributed by atoms with van der Waals surface area (Å²) in [6.45, 7) is 5.12. The number of anilines is 1. The summed E-state index contributed by atoms with van der Waals surface area (Å²) in [7, 11) is -1.04. The fraction of sp³-hybridized carbons (Fsp3) is 0.462. The number of methoxy groups -OCH3 is 2. The average Bonchev–Trinajstić information content (AvgIpc) is 2.86. The minimum atomic E-state index is -3.92. The quantitative estimate of drug-likeness (QED) is 0.404. The van der Waals surface area contributed by atoms with Crippen molar-refractivity contribution in [2.75, 3.05) is 31.3 Å². The van der Waals surface area contributed by atoms with Crippen LogP contribution in [0, 0.1) is 0 Å². The number of nitrogens with zero attached hydrogens (tertiary/aromatic N) is 2. The predicted octanol–water partition coefficient (Wildman–Crippen LogP) is 3.85. The third kappa shape index (κ3) is 8.00. The maximum absolute atomic E-state index is 13.8. The van der Waals surface area contributed by atoms with E-state index >= 15 is 0 Å². The van der Waals surface area contributed by atoms with Gasteiger partial charge >= 0.3 is 0 Å². The van der Waals surface area contributed by atoms with Crippen LogP contribution in [0.4, 0.5) is 5.69 Å². The molecule has 0 aliphatic rings. The summed E-state index contributed by atoms with van der Waals surface area (Å²) >= 11 is 6.38. The van der Waals surface area contributed by atoms with Crippen molar-refractivity contribution >= 4 is 39.1 Å². The SMILES string of the molecule is CC[C@H](C)NC(=O)[C@H](CC)N(Cc1ccccc1Cl)C(=O)CN(c1ccc(OC)cc1OC)S(C)(=O)=O. The van der Waals surface area contributed by atoms with Crippen LogP contribution in [0.5, 0.6) is 11.5 Å². The minimum absolute atomic E-state index is 0.0300. The van der Waals surface area contributed by atoms with Crippen molar-refractivity contribution in [3.8, 4) is 11.5 Å². The molecule has 0 bridgehead atoms. The van der Waals surface area contributed by atoms with E-state index in [1.807, 2.05) is 13.8 Å². The van der Waals surface area contributed by atoms with Crippen LogP contribution in [0.25, 0.3) is 0 Å². The smallest absolute Gasteiger partial charge is 0.244 e. The lowest BCUT2D eigenvalue weighted by Gasteiger charge is -2.33. The molecule has 0 radical (unpaired) electrons. The van der Waals surface area contributed by atoms with Gasteiger partial charge in [-0.2, -0.15) is 0 Å². The Morgan fingerprint density at radius 2 is 1.73 bits per heavy atom. The molecule has 11 heteroatoms. The van der Waals surface area contributed by atoms with E-state index in [0.717, 1.165) is 17.0 Å². The first-order valence-corrected chi connectivity index (χ1v) is 14.2. The summed E-state index contributed by atoms with van der Waals surface area (Å²) in [5.41, 5.74) is 0.814. The monoisotopic (exact) mass is 553 g/mol. The summed E-state index contributed by atoms with van der Waals surface area (Å²) in [5, 5.41) is 3.37. The fourth-order valence-electron chi connectivity index (χ4n) is 3.76. The zero-order valence-corrected chi connectivity index (χ0v) is 23.7. The standard InChI is InChI=1S/C26H36ClN3O6S/c1-7-18(3)28-26(32)22(8-2)29(16-19-11-9-10-12-21(19)27)25(31)17-30(37(6,33)34)23-14-13-20(35-4)15-24(23)36-5/h9-15,18,22H,7-8,16-17H2,1-6H3,(H,28,32)/t18-,22-/m0/s1. The van der Waals surface area contributed by atoms with Crippen LogP contribution >= 0.6 is 11.6 Å². The molecule has 0 saturated carbocycles. The topological polar surface area (TPSA) is 105 Å². The highest BCUT2D eigenvalue weighted by atomic mass is 35.5. The van der Waals surface area contributed by atoms with Gasteiger partial charge in [0.25, 0.3) is 0 Å². The molecule has 0 heterocycles. The van der Waals surface area contributed by atoms with Gasteiger partial charge in [-0.3, -0.25) is 13.9 Å². The van der Waals surface area contributed by atoms with E-state index < -0.39 is 28.5 Å². The molecule has 0 aliphatic heterocycles. The maximum Gasteiger partial charge on any atom is 0.244 e. The summed E-state index contributed by atoms with van der Waals surface area (Å²) in [5.74, 6) is -0.190. The van der Waals surface area contributed by atoms with Gasteiger partial charge in [-0.15, -0.1) is 0 Å². The number of carbonyl (C=O) groups excluding carboxylic acids is 2. The maximum atomic E-state index is 13.8. The molecule has 0 fully saturated rings. The average molecular weight is 554 g/mol. The molecule has 204 valence electrons. The highest BCUT2D eigenvalue weighted by molar-refractivity contribution is 7.92. The van der Waals surface area contributed by atoms with Gasteiger partial charge in [0, 0.05) is 23.7 Å². The van der Waals surface area contributed by atoms with Crippen LogP contribution in [0.2, 0.25) is 5.02 Å². The Morgan fingerprint density at radius 3 is 2.27 bits per heavy atom. The molecule has 0 saturated heterocycles. The second-order valence-electron chi connectivity index (χ2n) is 8.66. The van der Waals surface area contributed by atoms with E-state index in [0.29, 0.717) is 22.8 Å². The molecule has 0 unspecified atom stereocenters. The highest BCUT2D eigenvalue weighted by Crippen LogP contribution is 2.34. The van der Waals surface area contributed by atoms with Crippen molar-refractivity contribution in [2.45, 2.75) is 52.2 Å². The first-order chi connectivity index (χ1) is 17.5. The van der Waals surface area contributed by atoms with Gasteiger partial charge in [-0.25, -0.2) is 8.42 Å². The van der Waals surface area contributed by atoms with E-state index in [1.165, 1.54) is 31.3 Å². The van der Waals surface area contributed by atoms with Crippen molar-refractivity contribution in [1.29, 1.82) is 0 Å². The largest absolute Gasteiger partial charge is 0.497 e. The molecule has 9 nitrogen and oxygen atoms in total. The van der Waals surface area contributed by atoms with Crippen molar-refractivity contribution in [1.82, 2.24) is 10.2 Å². The Kier molecular flexibility index (Phi) is 11.1. The molecular formula is C26H36ClN3O6S. The minimum Gasteiger partial charge on any atom is -0.497 e. The molecule has 2 aromatic carbocycles. The first-order valence-electron chi connectivity index (χ1n) is 12.0. The van der Waals surface area contributed by atoms with E-state index in [1.54, 1.807) is 37.3 Å². The van der Waals surface area contributed by atoms with Crippen molar-refractivity contribution in [2.24, 2.45) is 0 Å². The Bertz CT molecular complexity index is 1190. The number of rotatable bonds is 13. The van der Waals surface area contributed by atoms with Crippen LogP contribution in [-0.2, 0) is 26.2 Å². The molecule has 0 aromatic heterocycles.